The fraction of sp³-hybridized carbons (Fsp3) is 0.0938. The van der Waals surface area contributed by atoms with Crippen molar-refractivity contribution in [2.45, 2.75) is 13.2 Å². The molecular weight excluding hydrogens is 730 g/mol. The first-order valence-corrected chi connectivity index (χ1v) is 15.4. The molecule has 8 nitrogen and oxygen atoms in total. The number of ether oxygens (including phenoxy) is 3. The van der Waals surface area contributed by atoms with Gasteiger partial charge in [-0.1, -0.05) is 58.5 Å². The van der Waals surface area contributed by atoms with Gasteiger partial charge in [0.1, 0.15) is 24.5 Å². The lowest BCUT2D eigenvalue weighted by molar-refractivity contribution is -0.122. The van der Waals surface area contributed by atoms with Gasteiger partial charge < -0.3 is 14.2 Å². The highest BCUT2D eigenvalue weighted by atomic mass is 79.9. The van der Waals surface area contributed by atoms with Crippen molar-refractivity contribution in [2.75, 3.05) is 12.0 Å². The molecule has 0 spiro atoms. The summed E-state index contributed by atoms with van der Waals surface area (Å²) < 4.78 is 17.8. The van der Waals surface area contributed by atoms with E-state index in [9.17, 15) is 14.4 Å². The van der Waals surface area contributed by atoms with Gasteiger partial charge in [0.05, 0.1) is 27.3 Å². The summed E-state index contributed by atoms with van der Waals surface area (Å²) in [5, 5.41) is 4.03. The number of imide groups is 2. The molecule has 0 aromatic heterocycles. The Hall–Kier alpha value is -3.73. The standard InChI is InChI=1S/C32H21BrCl4N2O6/c1-43-28-13-18(11-24(33)29(28)45-15-17-2-9-25(35)27(37)12-17)10-23-30(40)38-32(42)39(31(23)41)21-5-7-22(8-6-21)44-16-19-3-4-20(34)14-26(19)36/h2-14H,15-16H2,1H3,(H,38,40,42)/b23-10+. The van der Waals surface area contributed by atoms with E-state index in [4.69, 9.17) is 60.6 Å². The zero-order chi connectivity index (χ0) is 32.2. The highest BCUT2D eigenvalue weighted by Gasteiger charge is 2.37. The van der Waals surface area contributed by atoms with Crippen LogP contribution in [0.2, 0.25) is 20.1 Å². The number of hydrogen-bond acceptors (Lipinski definition) is 6. The summed E-state index contributed by atoms with van der Waals surface area (Å²) >= 11 is 27.7. The van der Waals surface area contributed by atoms with Gasteiger partial charge in [-0.15, -0.1) is 0 Å². The number of nitrogens with zero attached hydrogens (tertiary/aromatic N) is 1. The van der Waals surface area contributed by atoms with Gasteiger partial charge in [0.15, 0.2) is 11.5 Å². The van der Waals surface area contributed by atoms with E-state index in [2.05, 4.69) is 21.2 Å². The molecule has 4 aromatic carbocycles. The Labute approximate surface area is 286 Å². The predicted molar refractivity (Wildman–Crippen MR) is 178 cm³/mol. The Morgan fingerprint density at radius 3 is 2.27 bits per heavy atom. The Balaban J connectivity index is 1.33. The molecule has 1 saturated heterocycles. The monoisotopic (exact) mass is 748 g/mol. The largest absolute Gasteiger partial charge is 0.493 e. The molecule has 0 saturated carbocycles. The van der Waals surface area contributed by atoms with Crippen LogP contribution in [0.1, 0.15) is 16.7 Å². The van der Waals surface area contributed by atoms with Gasteiger partial charge in [-0.05, 0) is 93.8 Å². The fourth-order valence-corrected chi connectivity index (χ4v) is 5.66. The summed E-state index contributed by atoms with van der Waals surface area (Å²) in [6.45, 7) is 0.348. The molecule has 1 aliphatic rings. The number of benzene rings is 4. The molecule has 1 fully saturated rings. The predicted octanol–water partition coefficient (Wildman–Crippen LogP) is 8.90. The molecule has 1 N–H and O–H groups in total. The SMILES string of the molecule is COc1cc(/C=C2\C(=O)NC(=O)N(c3ccc(OCc4ccc(Cl)cc4Cl)cc3)C2=O)cc(Br)c1OCc1ccc(Cl)c(Cl)c1. The van der Waals surface area contributed by atoms with Gasteiger partial charge in [-0.25, -0.2) is 9.69 Å². The highest BCUT2D eigenvalue weighted by molar-refractivity contribution is 9.10. The van der Waals surface area contributed by atoms with Crippen LogP contribution in [-0.2, 0) is 22.8 Å². The molecule has 0 atom stereocenters. The van der Waals surface area contributed by atoms with E-state index in [1.807, 2.05) is 0 Å². The third kappa shape index (κ3) is 7.57. The van der Waals surface area contributed by atoms with Crippen molar-refractivity contribution >= 4 is 91.9 Å². The molecular formula is C32H21BrCl4N2O6. The maximum absolute atomic E-state index is 13.5. The van der Waals surface area contributed by atoms with Gasteiger partial charge in [0.2, 0.25) is 0 Å². The quantitative estimate of drug-likeness (QED) is 0.136. The molecule has 0 bridgehead atoms. The molecule has 0 unspecified atom stereocenters. The van der Waals surface area contributed by atoms with Crippen molar-refractivity contribution in [3.8, 4) is 17.2 Å². The minimum Gasteiger partial charge on any atom is -0.493 e. The number of rotatable bonds is 9. The van der Waals surface area contributed by atoms with Gasteiger partial charge in [-0.2, -0.15) is 0 Å². The Morgan fingerprint density at radius 1 is 0.822 bits per heavy atom. The molecule has 0 aliphatic carbocycles. The van der Waals surface area contributed by atoms with Crippen LogP contribution in [0, 0.1) is 0 Å². The van der Waals surface area contributed by atoms with E-state index in [1.165, 1.54) is 25.3 Å². The van der Waals surface area contributed by atoms with Gasteiger partial charge in [-0.3, -0.25) is 14.9 Å². The topological polar surface area (TPSA) is 94.2 Å². The van der Waals surface area contributed by atoms with E-state index in [-0.39, 0.29) is 24.5 Å². The second-order valence-corrected chi connectivity index (χ2v) is 12.1. The van der Waals surface area contributed by atoms with Crippen LogP contribution in [0.15, 0.2) is 82.8 Å². The van der Waals surface area contributed by atoms with Gasteiger partial charge in [0, 0.05) is 15.6 Å². The first kappa shape index (κ1) is 32.7. The molecule has 1 aliphatic heterocycles. The zero-order valence-corrected chi connectivity index (χ0v) is 27.8. The third-order valence-corrected chi connectivity index (χ3v) is 8.45. The van der Waals surface area contributed by atoms with Crippen LogP contribution in [-0.4, -0.2) is 25.0 Å². The molecule has 0 radical (unpaired) electrons. The number of urea groups is 1. The smallest absolute Gasteiger partial charge is 0.335 e. The van der Waals surface area contributed by atoms with Crippen molar-refractivity contribution in [1.29, 1.82) is 0 Å². The normalized spacial score (nSPS) is 14.0. The van der Waals surface area contributed by atoms with E-state index < -0.39 is 17.8 Å². The Kier molecular flexibility index (Phi) is 10.3. The number of nitrogens with one attached hydrogen (secondary N) is 1. The average Bonchev–Trinajstić information content (AvgIpc) is 3.00. The zero-order valence-electron chi connectivity index (χ0n) is 23.2. The first-order valence-electron chi connectivity index (χ1n) is 13.1. The van der Waals surface area contributed by atoms with Crippen LogP contribution in [0.3, 0.4) is 0 Å². The van der Waals surface area contributed by atoms with Crippen molar-refractivity contribution in [2.24, 2.45) is 0 Å². The molecule has 13 heteroatoms. The summed E-state index contributed by atoms with van der Waals surface area (Å²) in [7, 11) is 1.46. The maximum atomic E-state index is 13.5. The number of carbonyl (C=O) groups excluding carboxylic acids is 3. The summed E-state index contributed by atoms with van der Waals surface area (Å²) in [5.41, 5.74) is 1.93. The lowest BCUT2D eigenvalue weighted by atomic mass is 10.1. The molecule has 45 heavy (non-hydrogen) atoms. The number of halogens is 5. The molecule has 4 amide bonds. The lowest BCUT2D eigenvalue weighted by Gasteiger charge is -2.26. The van der Waals surface area contributed by atoms with Crippen LogP contribution in [0.5, 0.6) is 17.2 Å². The number of amides is 4. The van der Waals surface area contributed by atoms with Crippen LogP contribution in [0.4, 0.5) is 10.5 Å². The van der Waals surface area contributed by atoms with Crippen LogP contribution < -0.4 is 24.4 Å². The number of barbiturate groups is 1. The number of anilines is 1. The number of hydrogen-bond donors (Lipinski definition) is 1. The maximum Gasteiger partial charge on any atom is 0.335 e. The minimum atomic E-state index is -0.881. The lowest BCUT2D eigenvalue weighted by Crippen LogP contribution is -2.54. The van der Waals surface area contributed by atoms with E-state index in [0.717, 1.165) is 16.0 Å². The molecule has 1 heterocycles. The second-order valence-electron chi connectivity index (χ2n) is 9.55. The second kappa shape index (κ2) is 14.1. The average molecular weight is 751 g/mol. The Bertz CT molecular complexity index is 1850. The summed E-state index contributed by atoms with van der Waals surface area (Å²) in [6, 6.07) is 18.9. The van der Waals surface area contributed by atoms with Crippen molar-refractivity contribution in [3.63, 3.8) is 0 Å². The van der Waals surface area contributed by atoms with Gasteiger partial charge >= 0.3 is 6.03 Å². The van der Waals surface area contributed by atoms with Crippen LogP contribution >= 0.6 is 62.3 Å². The number of carbonyl (C=O) groups is 3. The highest BCUT2D eigenvalue weighted by Crippen LogP contribution is 2.38. The van der Waals surface area contributed by atoms with Gasteiger partial charge in [0.25, 0.3) is 11.8 Å². The van der Waals surface area contributed by atoms with Crippen molar-refractivity contribution in [1.82, 2.24) is 5.32 Å². The van der Waals surface area contributed by atoms with E-state index >= 15 is 0 Å². The summed E-state index contributed by atoms with van der Waals surface area (Å²) in [5.74, 6) is -0.442. The van der Waals surface area contributed by atoms with E-state index in [1.54, 1.807) is 60.7 Å². The third-order valence-electron chi connectivity index (χ3n) is 6.54. The molecule has 5 rings (SSSR count). The van der Waals surface area contributed by atoms with Crippen molar-refractivity contribution in [3.05, 3.63) is 120 Å². The van der Waals surface area contributed by atoms with E-state index in [0.29, 0.717) is 47.4 Å². The molecule has 230 valence electrons. The summed E-state index contributed by atoms with van der Waals surface area (Å²) in [6.07, 6.45) is 1.36. The van der Waals surface area contributed by atoms with Crippen LogP contribution in [0.25, 0.3) is 6.08 Å². The molecule has 4 aromatic rings. The minimum absolute atomic E-state index is 0.170. The Morgan fingerprint density at radius 2 is 1.58 bits per heavy atom. The number of methoxy groups -OCH3 is 1. The fourth-order valence-electron chi connectivity index (χ4n) is 4.30. The first-order chi connectivity index (χ1) is 21.5. The van der Waals surface area contributed by atoms with Crippen molar-refractivity contribution < 1.29 is 28.6 Å². The summed E-state index contributed by atoms with van der Waals surface area (Å²) in [4.78, 5) is 39.8.